The zero-order valence-corrected chi connectivity index (χ0v) is 7.60. The third kappa shape index (κ3) is 1.47. The lowest BCUT2D eigenvalue weighted by Crippen LogP contribution is -2.25. The lowest BCUT2D eigenvalue weighted by Gasteiger charge is -2.25. The van der Waals surface area contributed by atoms with Gasteiger partial charge in [0.2, 0.25) is 0 Å². The molecule has 0 aromatic heterocycles. The maximum Gasteiger partial charge on any atom is 0.0596 e. The molecule has 1 saturated heterocycles. The molecule has 1 aromatic rings. The number of rotatable bonds is 1. The number of benzene rings is 1. The first-order valence-corrected chi connectivity index (χ1v) is 4.34. The summed E-state index contributed by atoms with van der Waals surface area (Å²) in [6, 6.07) is 8.31. The van der Waals surface area contributed by atoms with Gasteiger partial charge in [-0.3, -0.25) is 0 Å². The molecular weight excluding hydrogens is 204 g/mol. The Morgan fingerprint density at radius 1 is 1.27 bits per heavy atom. The Morgan fingerprint density at radius 3 is 2.64 bits per heavy atom. The third-order valence-corrected chi connectivity index (χ3v) is 2.28. The minimum atomic E-state index is 0.802. The maximum absolute atomic E-state index is 5.08. The molecule has 1 radical (unpaired) electrons. The van der Waals surface area contributed by atoms with Crippen LogP contribution in [0.3, 0.4) is 0 Å². The van der Waals surface area contributed by atoms with E-state index in [4.69, 9.17) is 4.74 Å². The molecule has 0 spiro atoms. The molecule has 1 heterocycles. The Kier molecular flexibility index (Phi) is 1.96. The molecule has 0 aliphatic carbocycles. The summed E-state index contributed by atoms with van der Waals surface area (Å²) in [5.74, 6) is 1.39. The first-order valence-electron chi connectivity index (χ1n) is 3.54. The lowest BCUT2D eigenvalue weighted by atomic mass is 9.98. The molecule has 0 saturated carbocycles. The van der Waals surface area contributed by atoms with Crippen LogP contribution >= 0.6 is 15.9 Å². The molecule has 2 rings (SSSR count). The number of hydrogen-bond donors (Lipinski definition) is 0. The van der Waals surface area contributed by atoms with Gasteiger partial charge < -0.3 is 4.74 Å². The molecule has 0 bridgehead atoms. The lowest BCUT2D eigenvalue weighted by molar-refractivity contribution is 0.0733. The molecular formula is C9H8BrO. The predicted octanol–water partition coefficient (Wildman–Crippen LogP) is 2.40. The van der Waals surface area contributed by atoms with Crippen molar-refractivity contribution in [3.8, 4) is 0 Å². The Hall–Kier alpha value is -0.340. The summed E-state index contributed by atoms with van der Waals surface area (Å²) in [5.41, 5.74) is 1.30. The normalized spacial score (nSPS) is 17.9. The van der Waals surface area contributed by atoms with Crippen LogP contribution in [0.4, 0.5) is 0 Å². The monoisotopic (exact) mass is 211 g/mol. The van der Waals surface area contributed by atoms with Gasteiger partial charge in [-0.15, -0.1) is 0 Å². The van der Waals surface area contributed by atoms with E-state index in [9.17, 15) is 0 Å². The predicted molar refractivity (Wildman–Crippen MR) is 47.3 cm³/mol. The fourth-order valence-electron chi connectivity index (χ4n) is 1.08. The fraction of sp³-hybridized carbons (Fsp3) is 0.222. The van der Waals surface area contributed by atoms with Gasteiger partial charge in [-0.25, -0.2) is 0 Å². The summed E-state index contributed by atoms with van der Waals surface area (Å²) in [7, 11) is 0. The highest BCUT2D eigenvalue weighted by molar-refractivity contribution is 9.10. The van der Waals surface area contributed by atoms with Gasteiger partial charge in [0.15, 0.2) is 0 Å². The standard InChI is InChI=1S/C9H8BrO/c10-9-3-1-2-7(4-9)8-5-11-6-8/h1-4H,5-6H2. The van der Waals surface area contributed by atoms with E-state index in [1.807, 2.05) is 12.1 Å². The van der Waals surface area contributed by atoms with Gasteiger partial charge >= 0.3 is 0 Å². The quantitative estimate of drug-likeness (QED) is 0.694. The van der Waals surface area contributed by atoms with E-state index in [1.165, 1.54) is 11.5 Å². The van der Waals surface area contributed by atoms with Crippen molar-refractivity contribution in [2.75, 3.05) is 13.2 Å². The van der Waals surface area contributed by atoms with E-state index in [0.29, 0.717) is 0 Å². The second kappa shape index (κ2) is 2.95. The van der Waals surface area contributed by atoms with Crippen molar-refractivity contribution in [1.82, 2.24) is 0 Å². The van der Waals surface area contributed by atoms with Gasteiger partial charge in [0.25, 0.3) is 0 Å². The zero-order chi connectivity index (χ0) is 7.68. The van der Waals surface area contributed by atoms with Gasteiger partial charge in [-0.1, -0.05) is 28.1 Å². The largest absolute Gasteiger partial charge is 0.379 e. The topological polar surface area (TPSA) is 9.23 Å². The van der Waals surface area contributed by atoms with E-state index in [-0.39, 0.29) is 0 Å². The van der Waals surface area contributed by atoms with Crippen molar-refractivity contribution in [2.45, 2.75) is 0 Å². The van der Waals surface area contributed by atoms with Crippen LogP contribution in [-0.4, -0.2) is 13.2 Å². The van der Waals surface area contributed by atoms with Gasteiger partial charge in [-0.2, -0.15) is 0 Å². The Morgan fingerprint density at radius 2 is 2.09 bits per heavy atom. The first-order chi connectivity index (χ1) is 5.36. The molecule has 1 fully saturated rings. The summed E-state index contributed by atoms with van der Waals surface area (Å²) in [5, 5.41) is 0. The van der Waals surface area contributed by atoms with Crippen LogP contribution in [0.25, 0.3) is 0 Å². The SMILES string of the molecule is Brc1cccc([C]2COC2)c1. The molecule has 1 aliphatic rings. The summed E-state index contributed by atoms with van der Waals surface area (Å²) in [6.45, 7) is 1.60. The van der Waals surface area contributed by atoms with Crippen LogP contribution < -0.4 is 0 Å². The van der Waals surface area contributed by atoms with Crippen molar-refractivity contribution >= 4 is 15.9 Å². The van der Waals surface area contributed by atoms with Gasteiger partial charge in [-0.05, 0) is 17.7 Å². The van der Waals surface area contributed by atoms with Gasteiger partial charge in [0, 0.05) is 4.47 Å². The zero-order valence-electron chi connectivity index (χ0n) is 6.01. The highest BCUT2D eigenvalue weighted by atomic mass is 79.9. The molecule has 0 amide bonds. The minimum absolute atomic E-state index is 0.802. The Balaban J connectivity index is 2.23. The molecule has 0 N–H and O–H groups in total. The van der Waals surface area contributed by atoms with Gasteiger partial charge in [0.1, 0.15) is 0 Å². The molecule has 0 atom stereocenters. The molecule has 57 valence electrons. The number of halogens is 1. The van der Waals surface area contributed by atoms with E-state index >= 15 is 0 Å². The molecule has 1 nitrogen and oxygen atoms in total. The number of ether oxygens (including phenoxy) is 1. The maximum atomic E-state index is 5.08. The Labute approximate surface area is 74.5 Å². The van der Waals surface area contributed by atoms with E-state index in [2.05, 4.69) is 28.1 Å². The minimum Gasteiger partial charge on any atom is -0.379 e. The smallest absolute Gasteiger partial charge is 0.0596 e. The van der Waals surface area contributed by atoms with E-state index < -0.39 is 0 Å². The Bertz CT molecular complexity index is 255. The summed E-state index contributed by atoms with van der Waals surface area (Å²) in [6.07, 6.45) is 0. The molecule has 1 aromatic carbocycles. The molecule has 11 heavy (non-hydrogen) atoms. The molecule has 2 heteroatoms. The highest BCUT2D eigenvalue weighted by Gasteiger charge is 2.20. The summed E-state index contributed by atoms with van der Waals surface area (Å²) >= 11 is 3.43. The van der Waals surface area contributed by atoms with Gasteiger partial charge in [0.05, 0.1) is 19.1 Å². The summed E-state index contributed by atoms with van der Waals surface area (Å²) in [4.78, 5) is 0. The van der Waals surface area contributed by atoms with E-state index in [0.717, 1.165) is 17.7 Å². The average Bonchev–Trinajstić information content (AvgIpc) is 1.83. The molecule has 1 aliphatic heterocycles. The van der Waals surface area contributed by atoms with Crippen LogP contribution in [0.1, 0.15) is 5.56 Å². The number of hydrogen-bond acceptors (Lipinski definition) is 1. The van der Waals surface area contributed by atoms with Crippen LogP contribution in [0.5, 0.6) is 0 Å². The fourth-order valence-corrected chi connectivity index (χ4v) is 1.48. The second-order valence-electron chi connectivity index (χ2n) is 2.61. The van der Waals surface area contributed by atoms with Crippen molar-refractivity contribution in [1.29, 1.82) is 0 Å². The van der Waals surface area contributed by atoms with E-state index in [1.54, 1.807) is 0 Å². The third-order valence-electron chi connectivity index (χ3n) is 1.79. The average molecular weight is 212 g/mol. The summed E-state index contributed by atoms with van der Waals surface area (Å²) < 4.78 is 6.21. The van der Waals surface area contributed by atoms with Crippen molar-refractivity contribution in [3.63, 3.8) is 0 Å². The molecule has 0 unspecified atom stereocenters. The van der Waals surface area contributed by atoms with Crippen LogP contribution in [0.15, 0.2) is 28.7 Å². The highest BCUT2D eigenvalue weighted by Crippen LogP contribution is 2.24. The van der Waals surface area contributed by atoms with Crippen molar-refractivity contribution in [3.05, 3.63) is 40.2 Å². The van der Waals surface area contributed by atoms with Crippen LogP contribution in [-0.2, 0) is 4.74 Å². The first kappa shape index (κ1) is 7.32. The van der Waals surface area contributed by atoms with Crippen molar-refractivity contribution in [2.24, 2.45) is 0 Å². The van der Waals surface area contributed by atoms with Crippen LogP contribution in [0, 0.1) is 5.92 Å². The van der Waals surface area contributed by atoms with Crippen molar-refractivity contribution < 1.29 is 4.74 Å². The second-order valence-corrected chi connectivity index (χ2v) is 3.52. The van der Waals surface area contributed by atoms with Crippen LogP contribution in [0.2, 0.25) is 0 Å².